The fraction of sp³-hybridized carbons (Fsp3) is 0.667. The van der Waals surface area contributed by atoms with E-state index in [1.54, 1.807) is 0 Å². The minimum atomic E-state index is 0.550. The SMILES string of the molecule is CC1CCCN1c1nnc(-c2n[nH]c3c2CCCC3)n1C. The Balaban J connectivity index is 1.73. The van der Waals surface area contributed by atoms with Crippen LogP contribution in [0.3, 0.4) is 0 Å². The molecule has 0 radical (unpaired) electrons. The largest absolute Gasteiger partial charge is 0.338 e. The molecule has 112 valence electrons. The van der Waals surface area contributed by atoms with Crippen molar-refractivity contribution in [1.29, 1.82) is 0 Å². The normalized spacial score (nSPS) is 21.8. The zero-order chi connectivity index (χ0) is 14.4. The molecule has 2 aromatic heterocycles. The molecule has 1 N–H and O–H groups in total. The number of aromatic nitrogens is 5. The van der Waals surface area contributed by atoms with E-state index in [9.17, 15) is 0 Å². The van der Waals surface area contributed by atoms with Gasteiger partial charge in [0.05, 0.1) is 0 Å². The van der Waals surface area contributed by atoms with Crippen LogP contribution >= 0.6 is 0 Å². The van der Waals surface area contributed by atoms with Gasteiger partial charge in [-0.3, -0.25) is 9.67 Å². The number of hydrogen-bond acceptors (Lipinski definition) is 4. The first-order chi connectivity index (χ1) is 10.3. The van der Waals surface area contributed by atoms with Gasteiger partial charge in [0.25, 0.3) is 0 Å². The lowest BCUT2D eigenvalue weighted by atomic mass is 9.96. The van der Waals surface area contributed by atoms with Crippen molar-refractivity contribution in [2.45, 2.75) is 51.5 Å². The van der Waals surface area contributed by atoms with Gasteiger partial charge in [-0.05, 0) is 45.4 Å². The van der Waals surface area contributed by atoms with Gasteiger partial charge in [-0.15, -0.1) is 10.2 Å². The van der Waals surface area contributed by atoms with Gasteiger partial charge in [0.15, 0.2) is 5.82 Å². The van der Waals surface area contributed by atoms with Crippen LogP contribution in [0.15, 0.2) is 0 Å². The number of aromatic amines is 1. The van der Waals surface area contributed by atoms with Crippen LogP contribution in [0.4, 0.5) is 5.95 Å². The highest BCUT2D eigenvalue weighted by Crippen LogP contribution is 2.31. The first-order valence-corrected chi connectivity index (χ1v) is 7.98. The maximum absolute atomic E-state index is 4.52. The second-order valence-electron chi connectivity index (χ2n) is 6.30. The lowest BCUT2D eigenvalue weighted by Gasteiger charge is -2.21. The van der Waals surface area contributed by atoms with E-state index in [4.69, 9.17) is 0 Å². The summed E-state index contributed by atoms with van der Waals surface area (Å²) in [7, 11) is 2.06. The molecule has 4 rings (SSSR count). The van der Waals surface area contributed by atoms with Crippen LogP contribution in [0, 0.1) is 0 Å². The summed E-state index contributed by atoms with van der Waals surface area (Å²) >= 11 is 0. The van der Waals surface area contributed by atoms with Crippen LogP contribution in [0.25, 0.3) is 11.5 Å². The van der Waals surface area contributed by atoms with E-state index in [1.807, 2.05) is 0 Å². The Morgan fingerprint density at radius 3 is 2.81 bits per heavy atom. The molecule has 1 aliphatic carbocycles. The van der Waals surface area contributed by atoms with Crippen molar-refractivity contribution in [3.63, 3.8) is 0 Å². The summed E-state index contributed by atoms with van der Waals surface area (Å²) in [6.45, 7) is 3.34. The predicted molar refractivity (Wildman–Crippen MR) is 81.3 cm³/mol. The molecule has 3 heterocycles. The maximum Gasteiger partial charge on any atom is 0.227 e. The smallest absolute Gasteiger partial charge is 0.227 e. The van der Waals surface area contributed by atoms with Gasteiger partial charge in [0.2, 0.25) is 5.95 Å². The highest BCUT2D eigenvalue weighted by molar-refractivity contribution is 5.59. The lowest BCUT2D eigenvalue weighted by molar-refractivity contribution is 0.674. The number of aryl methyl sites for hydroxylation is 1. The van der Waals surface area contributed by atoms with E-state index >= 15 is 0 Å². The molecule has 0 amide bonds. The molecule has 1 fully saturated rings. The fourth-order valence-electron chi connectivity index (χ4n) is 3.67. The van der Waals surface area contributed by atoms with Crippen molar-refractivity contribution in [1.82, 2.24) is 25.0 Å². The van der Waals surface area contributed by atoms with Gasteiger partial charge < -0.3 is 4.90 Å². The Bertz CT molecular complexity index is 655. The van der Waals surface area contributed by atoms with Crippen molar-refractivity contribution in [3.8, 4) is 11.5 Å². The monoisotopic (exact) mass is 286 g/mol. The molecule has 0 aromatic carbocycles. The van der Waals surface area contributed by atoms with Crippen molar-refractivity contribution in [2.24, 2.45) is 7.05 Å². The molecule has 1 saturated heterocycles. The third-order valence-electron chi connectivity index (χ3n) is 4.93. The zero-order valence-electron chi connectivity index (χ0n) is 12.8. The Kier molecular flexibility index (Phi) is 2.97. The fourth-order valence-corrected chi connectivity index (χ4v) is 3.67. The van der Waals surface area contributed by atoms with Crippen molar-refractivity contribution >= 4 is 5.95 Å². The third kappa shape index (κ3) is 1.96. The Morgan fingerprint density at radius 2 is 2.00 bits per heavy atom. The average molecular weight is 286 g/mol. The summed E-state index contributed by atoms with van der Waals surface area (Å²) in [5.74, 6) is 1.87. The van der Waals surface area contributed by atoms with Crippen molar-refractivity contribution in [2.75, 3.05) is 11.4 Å². The van der Waals surface area contributed by atoms with E-state index in [0.717, 1.165) is 36.9 Å². The van der Waals surface area contributed by atoms with Crippen LogP contribution in [0.1, 0.15) is 43.9 Å². The Morgan fingerprint density at radius 1 is 1.14 bits per heavy atom. The first kappa shape index (κ1) is 12.9. The Hall–Kier alpha value is -1.85. The summed E-state index contributed by atoms with van der Waals surface area (Å²) in [6.07, 6.45) is 7.18. The molecule has 2 aliphatic rings. The molecule has 0 saturated carbocycles. The summed E-state index contributed by atoms with van der Waals surface area (Å²) in [4.78, 5) is 2.36. The standard InChI is InChI=1S/C15H22N6/c1-10-6-5-9-21(10)15-19-18-14(20(15)2)13-11-7-3-4-8-12(11)16-17-13/h10H,3-9H2,1-2H3,(H,16,17). The van der Waals surface area contributed by atoms with E-state index in [2.05, 4.69) is 43.8 Å². The molecule has 1 unspecified atom stereocenters. The summed E-state index contributed by atoms with van der Waals surface area (Å²) in [6, 6.07) is 0.550. The van der Waals surface area contributed by atoms with Gasteiger partial charge in [-0.2, -0.15) is 5.10 Å². The highest BCUT2D eigenvalue weighted by atomic mass is 15.4. The van der Waals surface area contributed by atoms with E-state index in [1.165, 1.54) is 36.9 Å². The maximum atomic E-state index is 4.52. The molecule has 6 heteroatoms. The van der Waals surface area contributed by atoms with Gasteiger partial charge in [-0.25, -0.2) is 0 Å². The molecule has 21 heavy (non-hydrogen) atoms. The molecule has 1 aliphatic heterocycles. The number of H-pyrrole nitrogens is 1. The second kappa shape index (κ2) is 4.86. The van der Waals surface area contributed by atoms with Gasteiger partial charge in [-0.1, -0.05) is 0 Å². The van der Waals surface area contributed by atoms with E-state index in [0.29, 0.717) is 6.04 Å². The number of fused-ring (bicyclic) bond motifs is 1. The van der Waals surface area contributed by atoms with Crippen LogP contribution in [0.5, 0.6) is 0 Å². The molecule has 2 aromatic rings. The molecular formula is C15H22N6. The van der Waals surface area contributed by atoms with Gasteiger partial charge in [0.1, 0.15) is 5.69 Å². The second-order valence-corrected chi connectivity index (χ2v) is 6.30. The summed E-state index contributed by atoms with van der Waals surface area (Å²) in [5.41, 5.74) is 3.63. The molecule has 1 atom stereocenters. The molecule has 0 spiro atoms. The van der Waals surface area contributed by atoms with Crippen molar-refractivity contribution in [3.05, 3.63) is 11.3 Å². The molecule has 6 nitrogen and oxygen atoms in total. The van der Waals surface area contributed by atoms with E-state index < -0.39 is 0 Å². The average Bonchev–Trinajstić information content (AvgIpc) is 3.17. The summed E-state index contributed by atoms with van der Waals surface area (Å²) in [5, 5.41) is 16.6. The van der Waals surface area contributed by atoms with Gasteiger partial charge in [0, 0.05) is 30.9 Å². The van der Waals surface area contributed by atoms with Crippen molar-refractivity contribution < 1.29 is 0 Å². The van der Waals surface area contributed by atoms with Crippen LogP contribution in [-0.4, -0.2) is 37.5 Å². The number of nitrogens with zero attached hydrogens (tertiary/aromatic N) is 5. The zero-order valence-corrected chi connectivity index (χ0v) is 12.8. The number of hydrogen-bond donors (Lipinski definition) is 1. The highest BCUT2D eigenvalue weighted by Gasteiger charge is 2.27. The minimum absolute atomic E-state index is 0.550. The predicted octanol–water partition coefficient (Wildman–Crippen LogP) is 2.07. The molecule has 0 bridgehead atoms. The number of rotatable bonds is 2. The number of nitrogens with one attached hydrogen (secondary N) is 1. The minimum Gasteiger partial charge on any atom is -0.338 e. The Labute approximate surface area is 124 Å². The topological polar surface area (TPSA) is 62.6 Å². The first-order valence-electron chi connectivity index (χ1n) is 7.98. The van der Waals surface area contributed by atoms with E-state index in [-0.39, 0.29) is 0 Å². The number of anilines is 1. The quantitative estimate of drug-likeness (QED) is 0.918. The molecular weight excluding hydrogens is 264 g/mol. The van der Waals surface area contributed by atoms with Crippen LogP contribution in [0.2, 0.25) is 0 Å². The summed E-state index contributed by atoms with van der Waals surface area (Å²) < 4.78 is 2.10. The van der Waals surface area contributed by atoms with Crippen LogP contribution < -0.4 is 4.90 Å². The van der Waals surface area contributed by atoms with Crippen LogP contribution in [-0.2, 0) is 19.9 Å². The van der Waals surface area contributed by atoms with Gasteiger partial charge >= 0.3 is 0 Å². The third-order valence-corrected chi connectivity index (χ3v) is 4.93. The lowest BCUT2D eigenvalue weighted by Crippen LogP contribution is -2.28.